The van der Waals surface area contributed by atoms with Gasteiger partial charge in [-0.2, -0.15) is 0 Å². The first-order chi connectivity index (χ1) is 12.3. The molecule has 0 spiro atoms. The van der Waals surface area contributed by atoms with Gasteiger partial charge < -0.3 is 4.90 Å². The van der Waals surface area contributed by atoms with E-state index in [1.165, 1.54) is 16.8 Å². The van der Waals surface area contributed by atoms with Crippen LogP contribution in [0.15, 0.2) is 49.0 Å². The minimum atomic E-state index is -0.688. The Balaban J connectivity index is 1.77. The van der Waals surface area contributed by atoms with Crippen molar-refractivity contribution < 1.29 is 18.4 Å². The van der Waals surface area contributed by atoms with Crippen LogP contribution in [-0.4, -0.2) is 35.2 Å². The molecule has 1 heterocycles. The Labute approximate surface area is 150 Å². The van der Waals surface area contributed by atoms with Crippen molar-refractivity contribution >= 4 is 17.5 Å². The number of hydrogen-bond donors (Lipinski definition) is 0. The molecule has 0 bridgehead atoms. The van der Waals surface area contributed by atoms with Gasteiger partial charge in [-0.15, -0.1) is 0 Å². The van der Waals surface area contributed by atoms with Gasteiger partial charge in [0.2, 0.25) is 5.91 Å². The molecule has 0 fully saturated rings. The molecular formula is C20H18F2N2O2. The van der Waals surface area contributed by atoms with Crippen LogP contribution in [0.3, 0.4) is 0 Å². The van der Waals surface area contributed by atoms with Crippen LogP contribution in [0.5, 0.6) is 0 Å². The number of rotatable bonds is 4. The Hall–Kier alpha value is -3.02. The predicted octanol–water partition coefficient (Wildman–Crippen LogP) is 3.61. The summed E-state index contributed by atoms with van der Waals surface area (Å²) >= 11 is 0. The highest BCUT2D eigenvalue weighted by molar-refractivity contribution is 6.10. The molecule has 3 rings (SSSR count). The van der Waals surface area contributed by atoms with E-state index in [4.69, 9.17) is 0 Å². The van der Waals surface area contributed by atoms with Crippen LogP contribution in [0.1, 0.15) is 34.5 Å². The highest BCUT2D eigenvalue weighted by atomic mass is 19.1. The van der Waals surface area contributed by atoms with Crippen molar-refractivity contribution in [2.75, 3.05) is 13.6 Å². The quantitative estimate of drug-likeness (QED) is 0.840. The molecule has 2 aromatic rings. The van der Waals surface area contributed by atoms with Gasteiger partial charge in [0, 0.05) is 29.4 Å². The molecule has 1 unspecified atom stereocenters. The molecule has 0 radical (unpaired) electrons. The minimum Gasteiger partial charge on any atom is -0.337 e. The van der Waals surface area contributed by atoms with E-state index >= 15 is 0 Å². The van der Waals surface area contributed by atoms with Crippen LogP contribution in [0.2, 0.25) is 0 Å². The zero-order chi connectivity index (χ0) is 19.0. The van der Waals surface area contributed by atoms with Gasteiger partial charge >= 0.3 is 0 Å². The van der Waals surface area contributed by atoms with Gasteiger partial charge in [-0.3, -0.25) is 14.5 Å². The highest BCUT2D eigenvalue weighted by Crippen LogP contribution is 2.31. The Bertz CT molecular complexity index is 875. The van der Waals surface area contributed by atoms with Crippen molar-refractivity contribution in [1.29, 1.82) is 0 Å². The molecule has 6 heteroatoms. The average Bonchev–Trinajstić information content (AvgIpc) is 2.87. The molecule has 0 saturated carbocycles. The lowest BCUT2D eigenvalue weighted by Gasteiger charge is -2.28. The topological polar surface area (TPSA) is 40.6 Å². The summed E-state index contributed by atoms with van der Waals surface area (Å²) in [6.07, 6.45) is 0. The van der Waals surface area contributed by atoms with Gasteiger partial charge in [0.1, 0.15) is 18.2 Å². The van der Waals surface area contributed by atoms with Crippen molar-refractivity contribution in [2.24, 2.45) is 0 Å². The van der Waals surface area contributed by atoms with Crippen LogP contribution >= 0.6 is 0 Å². The molecule has 0 aliphatic carbocycles. The Morgan fingerprint density at radius 2 is 1.85 bits per heavy atom. The number of amides is 2. The van der Waals surface area contributed by atoms with Crippen molar-refractivity contribution in [1.82, 2.24) is 9.80 Å². The number of fused-ring (bicyclic) bond motifs is 1. The molecule has 2 aromatic carbocycles. The van der Waals surface area contributed by atoms with Gasteiger partial charge in [-0.1, -0.05) is 24.8 Å². The fourth-order valence-corrected chi connectivity index (χ4v) is 3.01. The first-order valence-electron chi connectivity index (χ1n) is 8.12. The largest absolute Gasteiger partial charge is 0.337 e. The normalized spacial score (nSPS) is 14.4. The smallest absolute Gasteiger partial charge is 0.259 e. The second-order valence-electron chi connectivity index (χ2n) is 6.23. The molecule has 0 N–H and O–H groups in total. The van der Waals surface area contributed by atoms with Gasteiger partial charge in [0.15, 0.2) is 0 Å². The second-order valence-corrected chi connectivity index (χ2v) is 6.23. The molecule has 1 aliphatic rings. The number of likely N-dealkylation sites (N-methyl/N-ethyl adjacent to an activating group) is 1. The number of nitrogens with zero attached hydrogens (tertiary/aromatic N) is 2. The van der Waals surface area contributed by atoms with E-state index in [0.717, 1.165) is 18.2 Å². The van der Waals surface area contributed by atoms with Gasteiger partial charge in [-0.25, -0.2) is 8.78 Å². The van der Waals surface area contributed by atoms with Crippen LogP contribution in [-0.2, 0) is 4.79 Å². The Morgan fingerprint density at radius 3 is 2.50 bits per heavy atom. The number of carbonyl (C=O) groups excluding carboxylic acids is 2. The van der Waals surface area contributed by atoms with E-state index in [1.54, 1.807) is 31.2 Å². The number of hydrogen-bond acceptors (Lipinski definition) is 2. The van der Waals surface area contributed by atoms with Crippen LogP contribution < -0.4 is 0 Å². The van der Waals surface area contributed by atoms with Crippen molar-refractivity contribution in [3.63, 3.8) is 0 Å². The third-order valence-electron chi connectivity index (χ3n) is 4.72. The predicted molar refractivity (Wildman–Crippen MR) is 94.1 cm³/mol. The molecule has 134 valence electrons. The average molecular weight is 356 g/mol. The van der Waals surface area contributed by atoms with Gasteiger partial charge in [0.05, 0.1) is 6.04 Å². The van der Waals surface area contributed by atoms with E-state index in [0.29, 0.717) is 16.8 Å². The number of halogens is 2. The standard InChI is InChI=1S/C20H18F2N2O2/c1-12(17-10-14(21)8-9-18(17)22)23(3)19(25)11-24-13(2)15-6-4-5-7-16(15)20(24)26/h4-10,12H,2,11H2,1,3H3. The molecule has 0 saturated heterocycles. The van der Waals surface area contributed by atoms with E-state index in [1.807, 2.05) is 0 Å². The van der Waals surface area contributed by atoms with E-state index in [9.17, 15) is 18.4 Å². The molecule has 2 amide bonds. The van der Waals surface area contributed by atoms with Crippen molar-refractivity contribution in [3.8, 4) is 0 Å². The SMILES string of the molecule is C=C1c2ccccc2C(=O)N1CC(=O)N(C)C(C)c1cc(F)ccc1F. The van der Waals surface area contributed by atoms with E-state index < -0.39 is 23.6 Å². The lowest BCUT2D eigenvalue weighted by Crippen LogP contribution is -2.39. The van der Waals surface area contributed by atoms with E-state index in [-0.39, 0.29) is 18.0 Å². The summed E-state index contributed by atoms with van der Waals surface area (Å²) in [7, 11) is 1.49. The summed E-state index contributed by atoms with van der Waals surface area (Å²) in [5, 5.41) is 0. The Morgan fingerprint density at radius 1 is 1.19 bits per heavy atom. The molecule has 0 aromatic heterocycles. The van der Waals surface area contributed by atoms with Crippen molar-refractivity contribution in [2.45, 2.75) is 13.0 Å². The molecule has 26 heavy (non-hydrogen) atoms. The zero-order valence-corrected chi connectivity index (χ0v) is 14.5. The maximum absolute atomic E-state index is 14.0. The molecular weight excluding hydrogens is 338 g/mol. The van der Waals surface area contributed by atoms with Crippen LogP contribution in [0, 0.1) is 11.6 Å². The summed E-state index contributed by atoms with van der Waals surface area (Å²) in [6.45, 7) is 5.28. The first kappa shape index (κ1) is 17.8. The number of benzene rings is 2. The third-order valence-corrected chi connectivity index (χ3v) is 4.72. The maximum Gasteiger partial charge on any atom is 0.259 e. The number of carbonyl (C=O) groups is 2. The summed E-state index contributed by atoms with van der Waals surface area (Å²) in [5.41, 5.74) is 1.72. The van der Waals surface area contributed by atoms with Gasteiger partial charge in [-0.05, 0) is 31.2 Å². The summed E-state index contributed by atoms with van der Waals surface area (Å²) in [6, 6.07) is 9.43. The zero-order valence-electron chi connectivity index (χ0n) is 14.5. The van der Waals surface area contributed by atoms with E-state index in [2.05, 4.69) is 6.58 Å². The fourth-order valence-electron chi connectivity index (χ4n) is 3.01. The highest BCUT2D eigenvalue weighted by Gasteiger charge is 2.33. The van der Waals surface area contributed by atoms with Crippen LogP contribution in [0.4, 0.5) is 8.78 Å². The van der Waals surface area contributed by atoms with Crippen LogP contribution in [0.25, 0.3) is 5.70 Å². The first-order valence-corrected chi connectivity index (χ1v) is 8.12. The maximum atomic E-state index is 14.0. The molecule has 1 aliphatic heterocycles. The van der Waals surface area contributed by atoms with Gasteiger partial charge in [0.25, 0.3) is 5.91 Å². The Kier molecular flexibility index (Phi) is 4.59. The summed E-state index contributed by atoms with van der Waals surface area (Å²) in [5.74, 6) is -1.86. The summed E-state index contributed by atoms with van der Waals surface area (Å²) < 4.78 is 27.4. The lowest BCUT2D eigenvalue weighted by molar-refractivity contribution is -0.131. The lowest BCUT2D eigenvalue weighted by atomic mass is 10.1. The molecule has 4 nitrogen and oxygen atoms in total. The summed E-state index contributed by atoms with van der Waals surface area (Å²) in [4.78, 5) is 27.7. The fraction of sp³-hybridized carbons (Fsp3) is 0.200. The second kappa shape index (κ2) is 6.71. The minimum absolute atomic E-state index is 0.0794. The third kappa shape index (κ3) is 2.98. The molecule has 1 atom stereocenters. The van der Waals surface area contributed by atoms with Crippen molar-refractivity contribution in [3.05, 3.63) is 77.4 Å². The monoisotopic (exact) mass is 356 g/mol.